The van der Waals surface area contributed by atoms with Gasteiger partial charge in [-0.25, -0.2) is 4.39 Å². The summed E-state index contributed by atoms with van der Waals surface area (Å²) in [5.41, 5.74) is 1.86. The van der Waals surface area contributed by atoms with Gasteiger partial charge in [-0.15, -0.1) is 0 Å². The average molecular weight is 413 g/mol. The molecule has 0 bridgehead atoms. The van der Waals surface area contributed by atoms with Gasteiger partial charge in [0.1, 0.15) is 5.82 Å². The molecule has 0 unspecified atom stereocenters. The fourth-order valence-electron chi connectivity index (χ4n) is 3.70. The second-order valence-electron chi connectivity index (χ2n) is 7.25. The summed E-state index contributed by atoms with van der Waals surface area (Å²) in [5, 5.41) is 12.2. The standard InChI is InChI=1S/C24H28FNO4/c1-2-29-24-20(9-6-14-27)21(18-10-12-19(25)13-11-18)15-22(30-24)23(28)26-16-17-7-4-3-5-8-17/h3-5,7-8,10-13,15,20-21,24,27H,2,6,9,14,16H2,1H3,(H,26,28)/t20-,21-,24-/m0/s1. The Balaban J connectivity index is 1.85. The van der Waals surface area contributed by atoms with Crippen molar-refractivity contribution in [1.82, 2.24) is 5.32 Å². The molecule has 30 heavy (non-hydrogen) atoms. The maximum absolute atomic E-state index is 13.5. The van der Waals surface area contributed by atoms with Crippen molar-refractivity contribution < 1.29 is 23.8 Å². The van der Waals surface area contributed by atoms with Gasteiger partial charge in [-0.2, -0.15) is 0 Å². The molecule has 0 fully saturated rings. The minimum Gasteiger partial charge on any atom is -0.459 e. The lowest BCUT2D eigenvalue weighted by molar-refractivity contribution is -0.166. The van der Waals surface area contributed by atoms with Crippen molar-refractivity contribution in [1.29, 1.82) is 0 Å². The minimum absolute atomic E-state index is 0.0552. The molecule has 0 saturated heterocycles. The van der Waals surface area contributed by atoms with Crippen LogP contribution in [0.2, 0.25) is 0 Å². The van der Waals surface area contributed by atoms with Crippen LogP contribution in [0.5, 0.6) is 0 Å². The molecule has 0 aliphatic carbocycles. The zero-order valence-corrected chi connectivity index (χ0v) is 17.1. The second-order valence-corrected chi connectivity index (χ2v) is 7.25. The normalized spacial score (nSPS) is 20.9. The SMILES string of the molecule is CCO[C@H]1OC(C(=O)NCc2ccccc2)=C[C@@H](c2ccc(F)cc2)[C@@H]1CCCO. The highest BCUT2D eigenvalue weighted by atomic mass is 19.1. The number of aliphatic hydroxyl groups excluding tert-OH is 1. The average Bonchev–Trinajstić information content (AvgIpc) is 2.77. The lowest BCUT2D eigenvalue weighted by Crippen LogP contribution is -2.39. The van der Waals surface area contributed by atoms with Gasteiger partial charge >= 0.3 is 0 Å². The highest BCUT2D eigenvalue weighted by Crippen LogP contribution is 2.39. The van der Waals surface area contributed by atoms with Crippen LogP contribution in [0.15, 0.2) is 66.4 Å². The fraction of sp³-hybridized carbons (Fsp3) is 0.375. The van der Waals surface area contributed by atoms with Gasteiger partial charge in [0.05, 0.1) is 0 Å². The Labute approximate surface area is 176 Å². The van der Waals surface area contributed by atoms with Crippen molar-refractivity contribution in [3.63, 3.8) is 0 Å². The summed E-state index contributed by atoms with van der Waals surface area (Å²) in [6.45, 7) is 2.73. The summed E-state index contributed by atoms with van der Waals surface area (Å²) in [6.07, 6.45) is 2.39. The molecule has 2 aromatic rings. The predicted molar refractivity (Wildman–Crippen MR) is 112 cm³/mol. The first kappa shape index (κ1) is 22.0. The molecule has 1 amide bonds. The first-order valence-electron chi connectivity index (χ1n) is 10.3. The van der Waals surface area contributed by atoms with Gasteiger partial charge in [0.25, 0.3) is 5.91 Å². The van der Waals surface area contributed by atoms with E-state index in [0.29, 0.717) is 26.0 Å². The number of carbonyl (C=O) groups excluding carboxylic acids is 1. The first-order chi connectivity index (χ1) is 14.6. The molecule has 0 saturated carbocycles. The summed E-state index contributed by atoms with van der Waals surface area (Å²) in [7, 11) is 0. The summed E-state index contributed by atoms with van der Waals surface area (Å²) in [6, 6.07) is 15.9. The van der Waals surface area contributed by atoms with Crippen LogP contribution < -0.4 is 5.32 Å². The van der Waals surface area contributed by atoms with Crippen LogP contribution in [0, 0.1) is 11.7 Å². The third kappa shape index (κ3) is 5.68. The van der Waals surface area contributed by atoms with E-state index >= 15 is 0 Å². The molecule has 5 nitrogen and oxygen atoms in total. The van der Waals surface area contributed by atoms with Crippen LogP contribution in [-0.2, 0) is 20.8 Å². The maximum atomic E-state index is 13.5. The van der Waals surface area contributed by atoms with E-state index < -0.39 is 6.29 Å². The summed E-state index contributed by atoms with van der Waals surface area (Å²) in [4.78, 5) is 12.8. The molecule has 0 spiro atoms. The van der Waals surface area contributed by atoms with Gasteiger partial charge in [0, 0.05) is 31.6 Å². The van der Waals surface area contributed by atoms with E-state index in [-0.39, 0.29) is 35.9 Å². The number of ether oxygens (including phenoxy) is 2. The molecule has 1 heterocycles. The molecule has 3 rings (SSSR count). The lowest BCUT2D eigenvalue weighted by Gasteiger charge is -2.37. The largest absolute Gasteiger partial charge is 0.459 e. The van der Waals surface area contributed by atoms with E-state index in [0.717, 1.165) is 11.1 Å². The Bertz CT molecular complexity index is 838. The number of allylic oxidation sites excluding steroid dienone is 1. The van der Waals surface area contributed by atoms with Gasteiger partial charge in [-0.3, -0.25) is 4.79 Å². The second kappa shape index (κ2) is 10.9. The van der Waals surface area contributed by atoms with Crippen molar-refractivity contribution >= 4 is 5.91 Å². The van der Waals surface area contributed by atoms with Crippen LogP contribution in [-0.4, -0.2) is 30.5 Å². The summed E-state index contributed by atoms with van der Waals surface area (Å²) in [5.74, 6) is -0.743. The fourth-order valence-corrected chi connectivity index (χ4v) is 3.70. The van der Waals surface area contributed by atoms with Crippen LogP contribution in [0.3, 0.4) is 0 Å². The van der Waals surface area contributed by atoms with E-state index in [2.05, 4.69) is 5.32 Å². The third-order valence-corrected chi connectivity index (χ3v) is 5.19. The molecule has 160 valence electrons. The number of halogens is 1. The lowest BCUT2D eigenvalue weighted by atomic mass is 9.80. The molecule has 2 N–H and O–H groups in total. The third-order valence-electron chi connectivity index (χ3n) is 5.19. The molecule has 6 heteroatoms. The van der Waals surface area contributed by atoms with Crippen LogP contribution >= 0.6 is 0 Å². The van der Waals surface area contributed by atoms with Crippen molar-refractivity contribution in [3.8, 4) is 0 Å². The van der Waals surface area contributed by atoms with Gasteiger partial charge in [0.15, 0.2) is 5.76 Å². The van der Waals surface area contributed by atoms with E-state index in [1.807, 2.05) is 37.3 Å². The Hall–Kier alpha value is -2.70. The van der Waals surface area contributed by atoms with Crippen molar-refractivity contribution in [2.45, 2.75) is 38.5 Å². The maximum Gasteiger partial charge on any atom is 0.286 e. The number of amides is 1. The molecule has 1 aliphatic heterocycles. The Morgan fingerprint density at radius 3 is 2.57 bits per heavy atom. The molecular formula is C24H28FNO4. The van der Waals surface area contributed by atoms with Gasteiger partial charge < -0.3 is 19.9 Å². The van der Waals surface area contributed by atoms with Crippen LogP contribution in [0.4, 0.5) is 4.39 Å². The highest BCUT2D eigenvalue weighted by molar-refractivity contribution is 5.91. The predicted octanol–water partition coefficient (Wildman–Crippen LogP) is 3.89. The summed E-state index contributed by atoms with van der Waals surface area (Å²) >= 11 is 0. The van der Waals surface area contributed by atoms with Gasteiger partial charge in [-0.05, 0) is 49.1 Å². The zero-order chi connectivity index (χ0) is 21.3. The van der Waals surface area contributed by atoms with Crippen molar-refractivity contribution in [2.75, 3.05) is 13.2 Å². The monoisotopic (exact) mass is 413 g/mol. The van der Waals surface area contributed by atoms with E-state index in [1.165, 1.54) is 12.1 Å². The quantitative estimate of drug-likeness (QED) is 0.655. The van der Waals surface area contributed by atoms with E-state index in [4.69, 9.17) is 9.47 Å². The van der Waals surface area contributed by atoms with Crippen LogP contribution in [0.1, 0.15) is 36.8 Å². The highest BCUT2D eigenvalue weighted by Gasteiger charge is 2.37. The molecule has 0 aromatic heterocycles. The number of hydrogen-bond acceptors (Lipinski definition) is 4. The van der Waals surface area contributed by atoms with Gasteiger partial charge in [-0.1, -0.05) is 42.5 Å². The summed E-state index contributed by atoms with van der Waals surface area (Å²) < 4.78 is 25.2. The number of carbonyl (C=O) groups is 1. The molecule has 1 aliphatic rings. The molecule has 3 atom stereocenters. The Morgan fingerprint density at radius 1 is 1.17 bits per heavy atom. The Morgan fingerprint density at radius 2 is 1.90 bits per heavy atom. The Kier molecular flexibility index (Phi) is 7.99. The van der Waals surface area contributed by atoms with E-state index in [9.17, 15) is 14.3 Å². The zero-order valence-electron chi connectivity index (χ0n) is 17.1. The van der Waals surface area contributed by atoms with Crippen molar-refractivity contribution in [2.24, 2.45) is 5.92 Å². The molecule has 2 aromatic carbocycles. The number of nitrogens with one attached hydrogen (secondary N) is 1. The first-order valence-corrected chi connectivity index (χ1v) is 10.3. The topological polar surface area (TPSA) is 67.8 Å². The van der Waals surface area contributed by atoms with Crippen molar-refractivity contribution in [3.05, 3.63) is 83.4 Å². The number of aliphatic hydroxyl groups is 1. The molecule has 0 radical (unpaired) electrons. The number of rotatable bonds is 9. The van der Waals surface area contributed by atoms with Crippen LogP contribution in [0.25, 0.3) is 0 Å². The van der Waals surface area contributed by atoms with E-state index in [1.54, 1.807) is 18.2 Å². The van der Waals surface area contributed by atoms with Gasteiger partial charge in [0.2, 0.25) is 6.29 Å². The minimum atomic E-state index is -0.626. The number of benzene rings is 2. The smallest absolute Gasteiger partial charge is 0.286 e. The number of hydrogen-bond donors (Lipinski definition) is 2. The molecular weight excluding hydrogens is 385 g/mol.